The molecule has 4 atom stereocenters. The van der Waals surface area contributed by atoms with Gasteiger partial charge < -0.3 is 73.4 Å². The summed E-state index contributed by atoms with van der Waals surface area (Å²) in [5.74, 6) is 0. The Hall–Kier alpha value is -0.235. The van der Waals surface area contributed by atoms with Crippen LogP contribution in [0.25, 0.3) is 0 Å². The van der Waals surface area contributed by atoms with E-state index in [0.29, 0.717) is 5.19 Å². The predicted octanol–water partition coefficient (Wildman–Crippen LogP) is 3.18. The van der Waals surface area contributed by atoms with Crippen molar-refractivity contribution in [2.45, 2.75) is 57.3 Å². The molecule has 0 aliphatic rings. The maximum absolute atomic E-state index is 9.51. The van der Waals surface area contributed by atoms with Gasteiger partial charge in [0.15, 0.2) is 8.32 Å². The summed E-state index contributed by atoms with van der Waals surface area (Å²) >= 11 is 0. The van der Waals surface area contributed by atoms with Crippen molar-refractivity contribution in [1.29, 1.82) is 5.26 Å². The summed E-state index contributed by atoms with van der Waals surface area (Å²) in [7, 11) is -13.9. The monoisotopic (exact) mass is 895 g/mol. The van der Waals surface area contributed by atoms with E-state index in [2.05, 4.69) is 6.07 Å². The molecule has 0 bridgehead atoms. The molecule has 0 saturated carbocycles. The van der Waals surface area contributed by atoms with Crippen LogP contribution in [0.5, 0.6) is 0 Å². The van der Waals surface area contributed by atoms with Crippen LogP contribution in [0.15, 0.2) is 30.3 Å². The molecular weight excluding hydrogens is 835 g/mol. The minimum absolute atomic E-state index is 0.0301. The molecule has 1 aromatic carbocycles. The zero-order chi connectivity index (χ0) is 40.7. The van der Waals surface area contributed by atoms with Crippen molar-refractivity contribution in [2.75, 3.05) is 78.2 Å². The molecule has 308 valence electrons. The van der Waals surface area contributed by atoms with Gasteiger partial charge in [0.25, 0.3) is 0 Å². The second-order valence-electron chi connectivity index (χ2n) is 12.3. The van der Waals surface area contributed by atoms with Gasteiger partial charge in [-0.05, 0) is 19.6 Å². The van der Waals surface area contributed by atoms with Crippen molar-refractivity contribution in [3.8, 4) is 6.07 Å². The Bertz CT molecular complexity index is 1240. The van der Waals surface area contributed by atoms with Gasteiger partial charge in [-0.2, -0.15) is 5.26 Å². The normalized spacial score (nSPS) is 17.7. The van der Waals surface area contributed by atoms with E-state index in [1.54, 1.807) is 37.4 Å². The fraction of sp³-hybridized carbons (Fsp3) is 0.741. The Morgan fingerprint density at radius 1 is 0.453 bits per heavy atom. The van der Waals surface area contributed by atoms with Gasteiger partial charge in [0.05, 0.1) is 6.07 Å². The maximum atomic E-state index is 9.51. The van der Waals surface area contributed by atoms with Crippen LogP contribution >= 0.6 is 0 Å². The highest BCUT2D eigenvalue weighted by Gasteiger charge is 2.68. The fourth-order valence-electron chi connectivity index (χ4n) is 4.87. The molecule has 1 aromatic rings. The zero-order valence-corrected chi connectivity index (χ0v) is 42.1. The van der Waals surface area contributed by atoms with Gasteiger partial charge in [-0.25, -0.2) is 0 Å². The minimum atomic E-state index is -4.68. The second-order valence-corrected chi connectivity index (χ2v) is 37.7. The summed E-state index contributed by atoms with van der Waals surface area (Å²) in [4.78, 5) is 0. The number of benzene rings is 1. The molecule has 0 aromatic heterocycles. The van der Waals surface area contributed by atoms with Crippen LogP contribution in [0.2, 0.25) is 50.9 Å². The average molecular weight is 896 g/mol. The topological polar surface area (TPSA) is 181 Å². The highest BCUT2D eigenvalue weighted by atomic mass is 28.6. The molecule has 18 nitrogen and oxygen atoms in total. The first-order chi connectivity index (χ1) is 24.8. The van der Waals surface area contributed by atoms with Crippen LogP contribution in [0, 0.1) is 11.3 Å². The lowest BCUT2D eigenvalue weighted by atomic mass is 10.4. The first kappa shape index (κ1) is 50.8. The van der Waals surface area contributed by atoms with Gasteiger partial charge in [0.2, 0.25) is 0 Å². The summed E-state index contributed by atoms with van der Waals surface area (Å²) in [6, 6.07) is 11.4. The van der Waals surface area contributed by atoms with Crippen LogP contribution in [0.1, 0.15) is 6.42 Å². The third-order valence-corrected chi connectivity index (χ3v) is 34.8. The molecule has 0 aliphatic carbocycles. The lowest BCUT2D eigenvalue weighted by Crippen LogP contribution is -2.74. The van der Waals surface area contributed by atoms with Crippen LogP contribution in [0.3, 0.4) is 0 Å². The van der Waals surface area contributed by atoms with Crippen molar-refractivity contribution in [1.82, 2.24) is 0 Å². The van der Waals surface area contributed by atoms with E-state index in [-0.39, 0.29) is 24.6 Å². The molecule has 0 radical (unpaired) electrons. The number of nitrogens with zero attached hydrogens (tertiary/aromatic N) is 1. The molecule has 26 heteroatoms. The van der Waals surface area contributed by atoms with Gasteiger partial charge >= 0.3 is 61.9 Å². The molecule has 0 saturated heterocycles. The van der Waals surface area contributed by atoms with Crippen molar-refractivity contribution < 1.29 is 73.4 Å². The third-order valence-electron chi connectivity index (χ3n) is 7.88. The molecule has 0 aliphatic heterocycles. The zero-order valence-electron chi connectivity index (χ0n) is 34.1. The molecule has 0 fully saturated rings. The van der Waals surface area contributed by atoms with Crippen LogP contribution in [0.4, 0.5) is 0 Å². The van der Waals surface area contributed by atoms with Crippen LogP contribution in [-0.4, -0.2) is 148 Å². The quantitative estimate of drug-likeness (QED) is 0.107. The molecule has 0 amide bonds. The summed E-state index contributed by atoms with van der Waals surface area (Å²) in [6.45, 7) is 9.45. The smallest absolute Gasteiger partial charge is 0.416 e. The van der Waals surface area contributed by atoms with Crippen LogP contribution < -0.4 is 5.19 Å². The second kappa shape index (κ2) is 22.1. The Morgan fingerprint density at radius 3 is 1.34 bits per heavy atom. The average Bonchev–Trinajstić information content (AvgIpc) is 3.16. The van der Waals surface area contributed by atoms with E-state index in [1.165, 1.54) is 78.2 Å². The summed E-state index contributed by atoms with van der Waals surface area (Å²) in [5, 5.41) is 9.96. The standard InChI is InChI=1S/C27H61NO17Si8/c1-29-47(15,30-2)42-53(39-11,44-50(35-7,36-8)24-20-23-28)45-52(38-10,27-21-18-17-19-22-27)43-51(37-9,26-25-49(32-4,33-5)34-6)41-48(16,31-3)40-46(12,13)14/h17-19,21-22H,20,24-26H2,1-16H3. The summed E-state index contributed by atoms with van der Waals surface area (Å²) < 4.78 is 106. The number of rotatable bonds is 29. The van der Waals surface area contributed by atoms with Crippen LogP contribution in [-0.2, 0) is 73.4 Å². The number of nitriles is 1. The van der Waals surface area contributed by atoms with Gasteiger partial charge in [-0.15, -0.1) is 0 Å². The summed E-state index contributed by atoms with van der Waals surface area (Å²) in [6.07, 6.45) is 0.0301. The van der Waals surface area contributed by atoms with Crippen molar-refractivity contribution >= 4 is 75.4 Å². The molecule has 4 unspecified atom stereocenters. The first-order valence-corrected chi connectivity index (χ1v) is 33.5. The molecule has 1 rings (SSSR count). The SMILES string of the molecule is CO[Si](C)(O[Si](C)(C)C)O[Si](CC[Si](OC)(OC)OC)(OC)O[Si](OC)(O[Si](OC)(O[Si](C)(OC)OC)O[Si](CCC#N)(OC)OC)c1ccccc1. The Kier molecular flexibility index (Phi) is 21.1. The minimum Gasteiger partial charge on any atom is -0.416 e. The third kappa shape index (κ3) is 14.3. The largest absolute Gasteiger partial charge is 0.657 e. The van der Waals surface area contributed by atoms with E-state index in [1.807, 2.05) is 25.7 Å². The van der Waals surface area contributed by atoms with Gasteiger partial charge in [0.1, 0.15) is 0 Å². The molecule has 0 spiro atoms. The number of hydrogen-bond acceptors (Lipinski definition) is 18. The molecule has 53 heavy (non-hydrogen) atoms. The Morgan fingerprint density at radius 2 is 0.943 bits per heavy atom. The summed E-state index contributed by atoms with van der Waals surface area (Å²) in [5.41, 5.74) is 0. The van der Waals surface area contributed by atoms with E-state index < -0.39 is 70.2 Å². The molecule has 0 heterocycles. The van der Waals surface area contributed by atoms with Gasteiger partial charge in [0, 0.05) is 121 Å². The lowest BCUT2D eigenvalue weighted by Gasteiger charge is -2.45. The molecular formula is C27H61NO17Si8. The van der Waals surface area contributed by atoms with E-state index in [0.717, 1.165) is 0 Å². The first-order valence-electron chi connectivity index (χ1n) is 16.5. The predicted molar refractivity (Wildman–Crippen MR) is 210 cm³/mol. The van der Waals surface area contributed by atoms with Gasteiger partial charge in [-0.3, -0.25) is 0 Å². The molecule has 0 N–H and O–H groups in total. The number of hydrogen-bond donors (Lipinski definition) is 0. The Labute approximate surface area is 324 Å². The Balaban J connectivity index is 4.29. The van der Waals surface area contributed by atoms with Crippen molar-refractivity contribution in [3.05, 3.63) is 30.3 Å². The van der Waals surface area contributed by atoms with Crippen molar-refractivity contribution in [2.24, 2.45) is 0 Å². The highest BCUT2D eigenvalue weighted by molar-refractivity contribution is 6.92. The van der Waals surface area contributed by atoms with E-state index in [4.69, 9.17) is 73.4 Å². The van der Waals surface area contributed by atoms with Crippen molar-refractivity contribution in [3.63, 3.8) is 0 Å². The van der Waals surface area contributed by atoms with Gasteiger partial charge in [-0.1, -0.05) is 30.3 Å². The van der Waals surface area contributed by atoms with E-state index >= 15 is 0 Å². The fourth-order valence-corrected chi connectivity index (χ4v) is 33.4. The maximum Gasteiger partial charge on any atom is 0.657 e. The van der Waals surface area contributed by atoms with E-state index in [9.17, 15) is 5.26 Å². The lowest BCUT2D eigenvalue weighted by molar-refractivity contribution is 0.00936. The highest BCUT2D eigenvalue weighted by Crippen LogP contribution is 2.35.